The van der Waals surface area contributed by atoms with Crippen LogP contribution in [0.25, 0.3) is 0 Å². The maximum absolute atomic E-state index is 5.90. The van der Waals surface area contributed by atoms with Crippen LogP contribution in [0.4, 0.5) is 0 Å². The Kier molecular flexibility index (Phi) is 4.75. The summed E-state index contributed by atoms with van der Waals surface area (Å²) in [5.41, 5.74) is 5.90. The molecule has 0 aromatic carbocycles. The summed E-state index contributed by atoms with van der Waals surface area (Å²) < 4.78 is 5.30. The normalized spacial score (nSPS) is 26.2. The monoisotopic (exact) mass is 251 g/mol. The van der Waals surface area contributed by atoms with Gasteiger partial charge in [-0.2, -0.15) is 4.98 Å². The van der Waals surface area contributed by atoms with Crippen LogP contribution < -0.4 is 5.73 Å². The maximum atomic E-state index is 5.90. The first-order chi connectivity index (χ1) is 8.72. The van der Waals surface area contributed by atoms with Crippen molar-refractivity contribution >= 4 is 0 Å². The van der Waals surface area contributed by atoms with Gasteiger partial charge in [-0.05, 0) is 38.0 Å². The SMILES string of the molecule is CCC(N)Cc1nc(C2CCC(CC)CC2)no1. The van der Waals surface area contributed by atoms with Crippen molar-refractivity contribution in [3.8, 4) is 0 Å². The van der Waals surface area contributed by atoms with Crippen LogP contribution in [-0.4, -0.2) is 16.2 Å². The number of rotatable bonds is 5. The van der Waals surface area contributed by atoms with E-state index in [9.17, 15) is 0 Å². The minimum atomic E-state index is 0.133. The smallest absolute Gasteiger partial charge is 0.228 e. The third kappa shape index (κ3) is 3.31. The molecule has 1 unspecified atom stereocenters. The lowest BCUT2D eigenvalue weighted by atomic mass is 9.80. The number of hydrogen-bond donors (Lipinski definition) is 1. The van der Waals surface area contributed by atoms with Crippen molar-refractivity contribution in [2.24, 2.45) is 11.7 Å². The molecule has 0 spiro atoms. The molecular weight excluding hydrogens is 226 g/mol. The van der Waals surface area contributed by atoms with Gasteiger partial charge in [0.25, 0.3) is 0 Å². The molecule has 0 bridgehead atoms. The zero-order valence-electron chi connectivity index (χ0n) is 11.6. The molecule has 2 rings (SSSR count). The molecule has 4 nitrogen and oxygen atoms in total. The van der Waals surface area contributed by atoms with Gasteiger partial charge in [0.15, 0.2) is 5.82 Å². The lowest BCUT2D eigenvalue weighted by Crippen LogP contribution is -2.21. The second kappa shape index (κ2) is 6.32. The first-order valence-corrected chi connectivity index (χ1v) is 7.31. The van der Waals surface area contributed by atoms with E-state index in [1.807, 2.05) is 0 Å². The van der Waals surface area contributed by atoms with Crippen LogP contribution in [0.2, 0.25) is 0 Å². The molecule has 0 saturated heterocycles. The molecular formula is C14H25N3O. The summed E-state index contributed by atoms with van der Waals surface area (Å²) in [4.78, 5) is 4.51. The first-order valence-electron chi connectivity index (χ1n) is 7.31. The quantitative estimate of drug-likeness (QED) is 0.873. The van der Waals surface area contributed by atoms with Crippen LogP contribution >= 0.6 is 0 Å². The number of hydrogen-bond acceptors (Lipinski definition) is 4. The van der Waals surface area contributed by atoms with Gasteiger partial charge in [-0.15, -0.1) is 0 Å². The molecule has 1 fully saturated rings. The van der Waals surface area contributed by atoms with Crippen molar-refractivity contribution in [1.29, 1.82) is 0 Å². The minimum absolute atomic E-state index is 0.133. The summed E-state index contributed by atoms with van der Waals surface area (Å²) in [5, 5.41) is 4.14. The Morgan fingerprint density at radius 2 is 2.00 bits per heavy atom. The lowest BCUT2D eigenvalue weighted by Gasteiger charge is -2.25. The predicted octanol–water partition coefficient (Wildman–Crippen LogP) is 3.03. The Morgan fingerprint density at radius 3 is 2.61 bits per heavy atom. The van der Waals surface area contributed by atoms with Gasteiger partial charge in [0.05, 0.1) is 0 Å². The Morgan fingerprint density at radius 1 is 1.28 bits per heavy atom. The molecule has 0 aliphatic heterocycles. The molecule has 1 aromatic rings. The van der Waals surface area contributed by atoms with Crippen LogP contribution in [0.5, 0.6) is 0 Å². The fourth-order valence-corrected chi connectivity index (χ4v) is 2.71. The van der Waals surface area contributed by atoms with E-state index in [0.717, 1.165) is 18.2 Å². The molecule has 1 atom stereocenters. The van der Waals surface area contributed by atoms with Crippen LogP contribution in [-0.2, 0) is 6.42 Å². The van der Waals surface area contributed by atoms with E-state index in [-0.39, 0.29) is 6.04 Å². The molecule has 102 valence electrons. The average molecular weight is 251 g/mol. The molecule has 2 N–H and O–H groups in total. The van der Waals surface area contributed by atoms with E-state index in [1.165, 1.54) is 32.1 Å². The van der Waals surface area contributed by atoms with Crippen molar-refractivity contribution in [2.45, 2.75) is 70.8 Å². The Bertz CT molecular complexity index is 356. The number of nitrogens with two attached hydrogens (primary N) is 1. The van der Waals surface area contributed by atoms with E-state index in [4.69, 9.17) is 10.3 Å². The van der Waals surface area contributed by atoms with Gasteiger partial charge in [0.2, 0.25) is 5.89 Å². The molecule has 1 aliphatic rings. The molecule has 1 aliphatic carbocycles. The predicted molar refractivity (Wildman–Crippen MR) is 71.3 cm³/mol. The van der Waals surface area contributed by atoms with E-state index < -0.39 is 0 Å². The molecule has 18 heavy (non-hydrogen) atoms. The molecule has 1 aromatic heterocycles. The van der Waals surface area contributed by atoms with Gasteiger partial charge in [-0.25, -0.2) is 0 Å². The van der Waals surface area contributed by atoms with Crippen molar-refractivity contribution < 1.29 is 4.52 Å². The summed E-state index contributed by atoms with van der Waals surface area (Å²) in [6.45, 7) is 4.36. The Labute approximate surface area is 109 Å². The van der Waals surface area contributed by atoms with E-state index in [1.54, 1.807) is 0 Å². The van der Waals surface area contributed by atoms with Crippen LogP contribution in [0, 0.1) is 5.92 Å². The van der Waals surface area contributed by atoms with Crippen LogP contribution in [0.1, 0.15) is 70.0 Å². The zero-order valence-corrected chi connectivity index (χ0v) is 11.6. The van der Waals surface area contributed by atoms with Gasteiger partial charge >= 0.3 is 0 Å². The maximum Gasteiger partial charge on any atom is 0.228 e. The van der Waals surface area contributed by atoms with Gasteiger partial charge in [-0.1, -0.05) is 25.4 Å². The summed E-state index contributed by atoms with van der Waals surface area (Å²) in [5.74, 6) is 3.02. The zero-order chi connectivity index (χ0) is 13.0. The molecule has 0 amide bonds. The van der Waals surface area contributed by atoms with Gasteiger partial charge in [0.1, 0.15) is 0 Å². The third-order valence-electron chi connectivity index (χ3n) is 4.23. The Balaban J connectivity index is 1.90. The molecule has 4 heteroatoms. The van der Waals surface area contributed by atoms with Crippen LogP contribution in [0.3, 0.4) is 0 Å². The fraction of sp³-hybridized carbons (Fsp3) is 0.857. The third-order valence-corrected chi connectivity index (χ3v) is 4.23. The largest absolute Gasteiger partial charge is 0.339 e. The highest BCUT2D eigenvalue weighted by Gasteiger charge is 2.25. The lowest BCUT2D eigenvalue weighted by molar-refractivity contribution is 0.302. The number of aromatic nitrogens is 2. The second-order valence-corrected chi connectivity index (χ2v) is 5.54. The number of nitrogens with zero attached hydrogens (tertiary/aromatic N) is 2. The summed E-state index contributed by atoms with van der Waals surface area (Å²) in [6.07, 6.45) is 7.97. The van der Waals surface area contributed by atoms with Crippen molar-refractivity contribution in [3.05, 3.63) is 11.7 Å². The standard InChI is InChI=1S/C14H25N3O/c1-3-10-5-7-11(8-6-10)14-16-13(18-17-14)9-12(15)4-2/h10-12H,3-9,15H2,1-2H3. The van der Waals surface area contributed by atoms with Gasteiger partial charge in [0, 0.05) is 18.4 Å². The topological polar surface area (TPSA) is 64.9 Å². The average Bonchev–Trinajstić information content (AvgIpc) is 2.87. The van der Waals surface area contributed by atoms with Crippen LogP contribution in [0.15, 0.2) is 4.52 Å². The molecule has 0 radical (unpaired) electrons. The highest BCUT2D eigenvalue weighted by atomic mass is 16.5. The molecule has 1 heterocycles. The van der Waals surface area contributed by atoms with Crippen molar-refractivity contribution in [1.82, 2.24) is 10.1 Å². The highest BCUT2D eigenvalue weighted by molar-refractivity contribution is 4.98. The molecule has 1 saturated carbocycles. The van der Waals surface area contributed by atoms with E-state index in [0.29, 0.717) is 18.2 Å². The Hall–Kier alpha value is -0.900. The summed E-state index contributed by atoms with van der Waals surface area (Å²) in [7, 11) is 0. The summed E-state index contributed by atoms with van der Waals surface area (Å²) >= 11 is 0. The fourth-order valence-electron chi connectivity index (χ4n) is 2.71. The van der Waals surface area contributed by atoms with E-state index >= 15 is 0 Å². The highest BCUT2D eigenvalue weighted by Crippen LogP contribution is 2.35. The second-order valence-electron chi connectivity index (χ2n) is 5.54. The van der Waals surface area contributed by atoms with E-state index in [2.05, 4.69) is 24.0 Å². The first kappa shape index (κ1) is 13.5. The minimum Gasteiger partial charge on any atom is -0.339 e. The van der Waals surface area contributed by atoms with Gasteiger partial charge < -0.3 is 10.3 Å². The summed E-state index contributed by atoms with van der Waals surface area (Å²) in [6, 6.07) is 0.133. The van der Waals surface area contributed by atoms with Crippen molar-refractivity contribution in [3.63, 3.8) is 0 Å². The van der Waals surface area contributed by atoms with Gasteiger partial charge in [-0.3, -0.25) is 0 Å². The van der Waals surface area contributed by atoms with Crippen molar-refractivity contribution in [2.75, 3.05) is 0 Å².